The molecule has 2 aromatic heterocycles. The Labute approximate surface area is 181 Å². The summed E-state index contributed by atoms with van der Waals surface area (Å²) in [5.74, 6) is 1.31. The number of aromatic nitrogens is 1. The summed E-state index contributed by atoms with van der Waals surface area (Å²) < 4.78 is 11.8. The molecule has 0 unspecified atom stereocenters. The van der Waals surface area contributed by atoms with E-state index in [1.54, 1.807) is 11.3 Å². The van der Waals surface area contributed by atoms with E-state index < -0.39 is 0 Å². The van der Waals surface area contributed by atoms with Crippen molar-refractivity contribution in [3.63, 3.8) is 0 Å². The molecule has 3 aliphatic heterocycles. The van der Waals surface area contributed by atoms with Gasteiger partial charge in [0.25, 0.3) is 0 Å². The highest BCUT2D eigenvalue weighted by Gasteiger charge is 2.43. The third kappa shape index (κ3) is 3.86. The highest BCUT2D eigenvalue weighted by Crippen LogP contribution is 2.46. The highest BCUT2D eigenvalue weighted by atomic mass is 32.1. The maximum absolute atomic E-state index is 12.8. The Morgan fingerprint density at radius 2 is 2.03 bits per heavy atom. The monoisotopic (exact) mass is 427 g/mol. The van der Waals surface area contributed by atoms with E-state index in [1.165, 1.54) is 10.4 Å². The number of pyridine rings is 1. The van der Waals surface area contributed by atoms with E-state index in [4.69, 9.17) is 15.2 Å². The van der Waals surface area contributed by atoms with Crippen LogP contribution in [0.4, 0.5) is 5.82 Å². The first kappa shape index (κ1) is 20.0. The van der Waals surface area contributed by atoms with Crippen molar-refractivity contribution in [3.05, 3.63) is 34.7 Å². The van der Waals surface area contributed by atoms with Crippen molar-refractivity contribution in [1.29, 1.82) is 0 Å². The van der Waals surface area contributed by atoms with Crippen LogP contribution in [0.15, 0.2) is 24.3 Å². The van der Waals surface area contributed by atoms with Gasteiger partial charge in [-0.2, -0.15) is 0 Å². The number of thiophene rings is 1. The quantitative estimate of drug-likeness (QED) is 0.810. The Kier molecular flexibility index (Phi) is 5.52. The molecule has 30 heavy (non-hydrogen) atoms. The first-order chi connectivity index (χ1) is 14.6. The van der Waals surface area contributed by atoms with Crippen LogP contribution in [0.2, 0.25) is 0 Å². The number of nitrogens with zero attached hydrogens (tertiary/aromatic N) is 2. The summed E-state index contributed by atoms with van der Waals surface area (Å²) in [6.45, 7) is 3.86. The van der Waals surface area contributed by atoms with Gasteiger partial charge in [0.15, 0.2) is 0 Å². The largest absolute Gasteiger partial charge is 0.384 e. The van der Waals surface area contributed by atoms with E-state index in [9.17, 15) is 4.79 Å². The number of piperidine rings is 1. The van der Waals surface area contributed by atoms with Gasteiger partial charge in [0.1, 0.15) is 5.82 Å². The van der Waals surface area contributed by atoms with Gasteiger partial charge in [-0.05, 0) is 55.4 Å². The van der Waals surface area contributed by atoms with Gasteiger partial charge in [-0.3, -0.25) is 4.79 Å². The summed E-state index contributed by atoms with van der Waals surface area (Å²) in [7, 11) is 0. The minimum atomic E-state index is -0.266. The number of amides is 1. The van der Waals surface area contributed by atoms with Gasteiger partial charge < -0.3 is 20.1 Å². The smallest absolute Gasteiger partial charge is 0.222 e. The molecule has 160 valence electrons. The molecule has 0 aromatic carbocycles. The van der Waals surface area contributed by atoms with Crippen molar-refractivity contribution in [2.75, 3.05) is 38.6 Å². The van der Waals surface area contributed by atoms with Crippen molar-refractivity contribution >= 4 is 23.1 Å². The Morgan fingerprint density at radius 3 is 2.80 bits per heavy atom. The predicted octanol–water partition coefficient (Wildman–Crippen LogP) is 3.60. The number of anilines is 1. The molecule has 0 bridgehead atoms. The van der Waals surface area contributed by atoms with Crippen LogP contribution in [0.3, 0.4) is 0 Å². The fourth-order valence-electron chi connectivity index (χ4n) is 4.99. The van der Waals surface area contributed by atoms with Crippen molar-refractivity contribution in [1.82, 2.24) is 9.88 Å². The zero-order valence-corrected chi connectivity index (χ0v) is 18.1. The third-order valence-electron chi connectivity index (χ3n) is 6.76. The van der Waals surface area contributed by atoms with Gasteiger partial charge in [-0.25, -0.2) is 4.98 Å². The number of ether oxygens (including phenoxy) is 2. The van der Waals surface area contributed by atoms with Crippen LogP contribution in [0, 0.1) is 5.92 Å². The molecule has 2 saturated heterocycles. The molecule has 2 fully saturated rings. The second kappa shape index (κ2) is 8.29. The Bertz CT molecular complexity index is 914. The lowest BCUT2D eigenvalue weighted by atomic mass is 9.82. The number of likely N-dealkylation sites (tertiary alicyclic amines) is 1. The molecule has 0 saturated carbocycles. The van der Waals surface area contributed by atoms with E-state index in [0.29, 0.717) is 24.1 Å². The van der Waals surface area contributed by atoms with Crippen LogP contribution in [-0.2, 0) is 26.3 Å². The lowest BCUT2D eigenvalue weighted by Gasteiger charge is -2.44. The second-order valence-electron chi connectivity index (χ2n) is 8.63. The summed E-state index contributed by atoms with van der Waals surface area (Å²) in [5, 5.41) is 0. The Hall–Kier alpha value is -1.96. The van der Waals surface area contributed by atoms with E-state index in [-0.39, 0.29) is 5.60 Å². The summed E-state index contributed by atoms with van der Waals surface area (Å²) in [6, 6.07) is 8.03. The zero-order valence-electron chi connectivity index (χ0n) is 17.3. The predicted molar refractivity (Wildman–Crippen MR) is 117 cm³/mol. The number of nitrogens with two attached hydrogens (primary N) is 1. The molecule has 1 amide bonds. The summed E-state index contributed by atoms with van der Waals surface area (Å²) >= 11 is 1.80. The lowest BCUT2D eigenvalue weighted by molar-refractivity contribution is -0.142. The van der Waals surface area contributed by atoms with Crippen molar-refractivity contribution in [2.45, 2.75) is 44.1 Å². The maximum atomic E-state index is 12.8. The Morgan fingerprint density at radius 1 is 1.23 bits per heavy atom. The normalized spacial score (nSPS) is 21.5. The van der Waals surface area contributed by atoms with Crippen LogP contribution in [0.5, 0.6) is 0 Å². The first-order valence-corrected chi connectivity index (χ1v) is 11.8. The van der Waals surface area contributed by atoms with Gasteiger partial charge in [0.05, 0.1) is 22.8 Å². The van der Waals surface area contributed by atoms with Gasteiger partial charge in [0.2, 0.25) is 5.91 Å². The first-order valence-electron chi connectivity index (χ1n) is 11.0. The van der Waals surface area contributed by atoms with E-state index in [0.717, 1.165) is 75.6 Å². The van der Waals surface area contributed by atoms with Crippen LogP contribution in [0.1, 0.15) is 42.5 Å². The maximum Gasteiger partial charge on any atom is 0.222 e. The van der Waals surface area contributed by atoms with Crippen molar-refractivity contribution in [3.8, 4) is 10.6 Å². The van der Waals surface area contributed by atoms with Gasteiger partial charge >= 0.3 is 0 Å². The number of hydrogen-bond acceptors (Lipinski definition) is 6. The van der Waals surface area contributed by atoms with E-state index in [2.05, 4.69) is 11.1 Å². The number of carbonyl (C=O) groups excluding carboxylic acids is 1. The van der Waals surface area contributed by atoms with Crippen LogP contribution >= 0.6 is 11.3 Å². The lowest BCUT2D eigenvalue weighted by Crippen LogP contribution is -2.48. The minimum Gasteiger partial charge on any atom is -0.384 e. The molecule has 3 aliphatic rings. The summed E-state index contributed by atoms with van der Waals surface area (Å²) in [5.41, 5.74) is 7.85. The summed E-state index contributed by atoms with van der Waals surface area (Å²) in [6.07, 6.45) is 5.33. The molecule has 7 heteroatoms. The van der Waals surface area contributed by atoms with Gasteiger partial charge in [0, 0.05) is 44.0 Å². The molecular formula is C23H29N3O3S. The minimum absolute atomic E-state index is 0.266. The molecule has 2 aromatic rings. The number of rotatable bonds is 3. The molecule has 6 nitrogen and oxygen atoms in total. The fraction of sp³-hybridized carbons (Fsp3) is 0.565. The SMILES string of the molecule is Nc1cccc(-c2cc3c(s2)CCOC32CCN(C(=O)CC3CCOCC3)CC2)n1. The van der Waals surface area contributed by atoms with Crippen LogP contribution in [-0.4, -0.2) is 48.7 Å². The second-order valence-corrected chi connectivity index (χ2v) is 9.77. The van der Waals surface area contributed by atoms with Crippen molar-refractivity contribution in [2.24, 2.45) is 5.92 Å². The molecule has 0 atom stereocenters. The number of hydrogen-bond donors (Lipinski definition) is 1. The molecule has 2 N–H and O–H groups in total. The third-order valence-corrected chi connectivity index (χ3v) is 7.98. The average Bonchev–Trinajstić information content (AvgIpc) is 3.21. The number of carbonyl (C=O) groups is 1. The van der Waals surface area contributed by atoms with Crippen LogP contribution in [0.25, 0.3) is 10.6 Å². The Balaban J connectivity index is 1.30. The molecule has 5 heterocycles. The van der Waals surface area contributed by atoms with Crippen LogP contribution < -0.4 is 5.73 Å². The van der Waals surface area contributed by atoms with Crippen molar-refractivity contribution < 1.29 is 14.3 Å². The summed E-state index contributed by atoms with van der Waals surface area (Å²) in [4.78, 5) is 21.9. The molecule has 0 aliphatic carbocycles. The number of fused-ring (bicyclic) bond motifs is 2. The highest BCUT2D eigenvalue weighted by molar-refractivity contribution is 7.15. The standard InChI is InChI=1S/C23H29N3O3S/c24-21-3-1-2-18(25-21)20-15-17-19(30-20)6-13-29-23(17)7-9-26(10-8-23)22(27)14-16-4-11-28-12-5-16/h1-3,15-16H,4-14H2,(H2,24,25). The zero-order chi connectivity index (χ0) is 20.6. The molecule has 1 spiro atoms. The van der Waals surface area contributed by atoms with E-state index >= 15 is 0 Å². The fourth-order valence-corrected chi connectivity index (χ4v) is 6.19. The number of nitrogen functional groups attached to an aromatic ring is 1. The molecular weight excluding hydrogens is 398 g/mol. The van der Waals surface area contributed by atoms with Gasteiger partial charge in [-0.1, -0.05) is 6.07 Å². The topological polar surface area (TPSA) is 77.7 Å². The van der Waals surface area contributed by atoms with E-state index in [1.807, 2.05) is 23.1 Å². The molecule has 0 radical (unpaired) electrons. The molecule has 5 rings (SSSR count). The average molecular weight is 428 g/mol. The van der Waals surface area contributed by atoms with Gasteiger partial charge in [-0.15, -0.1) is 11.3 Å².